The third-order valence-corrected chi connectivity index (χ3v) is 6.23. The van der Waals surface area contributed by atoms with Crippen LogP contribution in [-0.4, -0.2) is 28.9 Å². The number of nitrogens with zero attached hydrogens (tertiary/aromatic N) is 1. The number of halogens is 2. The van der Waals surface area contributed by atoms with Crippen LogP contribution in [0.15, 0.2) is 60.7 Å². The zero-order chi connectivity index (χ0) is 20.4. The fourth-order valence-corrected chi connectivity index (χ4v) is 4.57. The number of fused-ring (bicyclic) bond motifs is 3. The van der Waals surface area contributed by atoms with Crippen LogP contribution >= 0.6 is 45.2 Å². The molecule has 0 saturated heterocycles. The number of benzene rings is 3. The number of hydrogen-bond acceptors (Lipinski definition) is 3. The number of aromatic nitrogens is 1. The molecule has 6 heteroatoms. The Kier molecular flexibility index (Phi) is 6.50. The number of hydrogen-bond donors (Lipinski definition) is 2. The van der Waals surface area contributed by atoms with E-state index in [-0.39, 0.29) is 0 Å². The highest BCUT2D eigenvalue weighted by Gasteiger charge is 2.14. The second-order valence-electron chi connectivity index (χ2n) is 6.93. The van der Waals surface area contributed by atoms with Crippen molar-refractivity contribution in [1.82, 2.24) is 4.57 Å². The second-order valence-corrected chi connectivity index (χ2v) is 9.42. The summed E-state index contributed by atoms with van der Waals surface area (Å²) < 4.78 is 10.1. The minimum absolute atomic E-state index is 0.476. The summed E-state index contributed by atoms with van der Waals surface area (Å²) in [7, 11) is 0. The molecule has 0 aliphatic heterocycles. The van der Waals surface area contributed by atoms with Gasteiger partial charge in [0.1, 0.15) is 5.75 Å². The molecule has 4 rings (SSSR count). The average Bonchev–Trinajstić information content (AvgIpc) is 3.00. The van der Waals surface area contributed by atoms with E-state index in [1.807, 2.05) is 31.2 Å². The smallest absolute Gasteiger partial charge is 0.119 e. The summed E-state index contributed by atoms with van der Waals surface area (Å²) in [5.74, 6) is 0.855. The van der Waals surface area contributed by atoms with Gasteiger partial charge in [-0.2, -0.15) is 0 Å². The summed E-state index contributed by atoms with van der Waals surface area (Å²) in [6.45, 7) is 3.64. The van der Waals surface area contributed by atoms with Gasteiger partial charge in [0.15, 0.2) is 0 Å². The maximum atomic E-state index is 10.7. The number of aliphatic hydroxyl groups is 1. The molecule has 1 aromatic heterocycles. The van der Waals surface area contributed by atoms with E-state index in [1.165, 1.54) is 17.9 Å². The van der Waals surface area contributed by atoms with Gasteiger partial charge < -0.3 is 19.7 Å². The number of ether oxygens (including phenoxy) is 1. The van der Waals surface area contributed by atoms with E-state index in [2.05, 4.69) is 91.5 Å². The molecule has 0 amide bonds. The van der Waals surface area contributed by atoms with Gasteiger partial charge in [-0.3, -0.25) is 0 Å². The van der Waals surface area contributed by atoms with E-state index in [0.29, 0.717) is 19.7 Å². The van der Waals surface area contributed by atoms with Crippen molar-refractivity contribution in [3.8, 4) is 5.75 Å². The monoisotopic (exact) mass is 612 g/mol. The molecule has 29 heavy (non-hydrogen) atoms. The summed E-state index contributed by atoms with van der Waals surface area (Å²) in [6.07, 6.45) is -0.515. The van der Waals surface area contributed by atoms with E-state index in [9.17, 15) is 5.11 Å². The predicted molar refractivity (Wildman–Crippen MR) is 137 cm³/mol. The van der Waals surface area contributed by atoms with Crippen LogP contribution in [0.25, 0.3) is 21.8 Å². The van der Waals surface area contributed by atoms with Gasteiger partial charge in [-0.25, -0.2) is 0 Å². The first-order valence-corrected chi connectivity index (χ1v) is 11.7. The molecule has 1 heterocycles. The van der Waals surface area contributed by atoms with E-state index >= 15 is 0 Å². The van der Waals surface area contributed by atoms with Crippen molar-refractivity contribution in [2.24, 2.45) is 0 Å². The molecule has 0 radical (unpaired) electrons. The molecule has 0 bridgehead atoms. The van der Waals surface area contributed by atoms with E-state index in [0.717, 1.165) is 22.5 Å². The molecule has 0 aliphatic rings. The number of aliphatic hydroxyl groups excluding tert-OH is 1. The second kappa shape index (κ2) is 9.09. The Hall–Kier alpha value is -1.52. The van der Waals surface area contributed by atoms with Crippen molar-refractivity contribution in [2.75, 3.05) is 18.5 Å². The van der Waals surface area contributed by atoms with Crippen LogP contribution in [0.4, 0.5) is 5.69 Å². The first-order chi connectivity index (χ1) is 14.0. The molecule has 4 nitrogen and oxygen atoms in total. The minimum Gasteiger partial charge on any atom is -0.494 e. The summed E-state index contributed by atoms with van der Waals surface area (Å²) in [6, 6.07) is 20.8. The molecule has 0 spiro atoms. The average molecular weight is 612 g/mol. The van der Waals surface area contributed by atoms with Gasteiger partial charge in [0.05, 0.1) is 19.3 Å². The fourth-order valence-electron chi connectivity index (χ4n) is 3.59. The molecule has 150 valence electrons. The Morgan fingerprint density at radius 3 is 2.07 bits per heavy atom. The Balaban J connectivity index is 1.55. The maximum Gasteiger partial charge on any atom is 0.119 e. The summed E-state index contributed by atoms with van der Waals surface area (Å²) in [5, 5.41) is 16.5. The molecular weight excluding hydrogens is 590 g/mol. The lowest BCUT2D eigenvalue weighted by Gasteiger charge is -2.16. The van der Waals surface area contributed by atoms with E-state index in [1.54, 1.807) is 0 Å². The lowest BCUT2D eigenvalue weighted by Crippen LogP contribution is -2.24. The first kappa shape index (κ1) is 20.7. The molecule has 1 unspecified atom stereocenters. The van der Waals surface area contributed by atoms with Crippen molar-refractivity contribution < 1.29 is 9.84 Å². The molecule has 0 aliphatic carbocycles. The zero-order valence-electron chi connectivity index (χ0n) is 16.0. The lowest BCUT2D eigenvalue weighted by atomic mass is 10.2. The largest absolute Gasteiger partial charge is 0.494 e. The van der Waals surface area contributed by atoms with Crippen molar-refractivity contribution in [1.29, 1.82) is 0 Å². The van der Waals surface area contributed by atoms with Gasteiger partial charge in [-0.15, -0.1) is 0 Å². The number of anilines is 1. The van der Waals surface area contributed by atoms with E-state index in [4.69, 9.17) is 4.74 Å². The molecule has 4 aromatic rings. The third kappa shape index (κ3) is 4.64. The Morgan fingerprint density at radius 2 is 1.52 bits per heavy atom. The molecule has 2 N–H and O–H groups in total. The summed E-state index contributed by atoms with van der Waals surface area (Å²) in [4.78, 5) is 0. The highest BCUT2D eigenvalue weighted by Crippen LogP contribution is 2.31. The predicted octanol–water partition coefficient (Wildman–Crippen LogP) is 5.88. The maximum absolute atomic E-state index is 10.7. The van der Waals surface area contributed by atoms with Gasteiger partial charge in [0.25, 0.3) is 0 Å². The third-order valence-electron chi connectivity index (χ3n) is 4.89. The number of rotatable bonds is 7. The zero-order valence-corrected chi connectivity index (χ0v) is 20.3. The van der Waals surface area contributed by atoms with Gasteiger partial charge in [0, 0.05) is 41.2 Å². The Morgan fingerprint density at radius 1 is 0.931 bits per heavy atom. The van der Waals surface area contributed by atoms with Crippen LogP contribution in [0.5, 0.6) is 5.75 Å². The van der Waals surface area contributed by atoms with Crippen LogP contribution in [0.3, 0.4) is 0 Å². The van der Waals surface area contributed by atoms with Gasteiger partial charge >= 0.3 is 0 Å². The van der Waals surface area contributed by atoms with Gasteiger partial charge in [-0.1, -0.05) is 0 Å². The van der Waals surface area contributed by atoms with E-state index < -0.39 is 6.10 Å². The van der Waals surface area contributed by atoms with Crippen LogP contribution in [0, 0.1) is 7.14 Å². The lowest BCUT2D eigenvalue weighted by molar-refractivity contribution is 0.169. The van der Waals surface area contributed by atoms with Crippen LogP contribution in [-0.2, 0) is 6.54 Å². The Labute approximate surface area is 197 Å². The first-order valence-electron chi connectivity index (χ1n) is 9.57. The molecule has 3 aromatic carbocycles. The van der Waals surface area contributed by atoms with Crippen molar-refractivity contribution in [2.45, 2.75) is 19.6 Å². The van der Waals surface area contributed by atoms with Crippen molar-refractivity contribution >= 4 is 72.7 Å². The van der Waals surface area contributed by atoms with Gasteiger partial charge in [-0.05, 0) is 113 Å². The topological polar surface area (TPSA) is 46.4 Å². The van der Waals surface area contributed by atoms with Crippen LogP contribution in [0.1, 0.15) is 6.92 Å². The quantitative estimate of drug-likeness (QED) is 0.257. The highest BCUT2D eigenvalue weighted by atomic mass is 127. The van der Waals surface area contributed by atoms with Crippen LogP contribution in [0.2, 0.25) is 0 Å². The molecule has 1 atom stereocenters. The molecule has 0 fully saturated rings. The summed E-state index contributed by atoms with van der Waals surface area (Å²) >= 11 is 4.70. The standard InChI is InChI=1S/C23H22I2N2O2/c1-2-29-19-7-5-17(6-8-19)26-13-18(28)14-27-22-9-3-15(24)11-20(22)21-12-16(25)4-10-23(21)27/h3-12,18,26,28H,2,13-14H2,1H3. The summed E-state index contributed by atoms with van der Waals surface area (Å²) in [5.41, 5.74) is 3.28. The molecule has 0 saturated carbocycles. The number of nitrogens with one attached hydrogen (secondary N) is 1. The Bertz CT molecular complexity index is 1080. The SMILES string of the molecule is CCOc1ccc(NCC(O)Cn2c3ccc(I)cc3c3cc(I)ccc32)cc1. The normalized spacial score (nSPS) is 12.4. The van der Waals surface area contributed by atoms with Gasteiger partial charge in [0.2, 0.25) is 0 Å². The van der Waals surface area contributed by atoms with Crippen molar-refractivity contribution in [3.63, 3.8) is 0 Å². The van der Waals surface area contributed by atoms with Crippen molar-refractivity contribution in [3.05, 3.63) is 67.8 Å². The highest BCUT2D eigenvalue weighted by molar-refractivity contribution is 14.1. The van der Waals surface area contributed by atoms with Crippen LogP contribution < -0.4 is 10.1 Å². The minimum atomic E-state index is -0.515. The molecular formula is C23H22I2N2O2. The fraction of sp³-hybridized carbons (Fsp3) is 0.217.